The van der Waals surface area contributed by atoms with E-state index in [4.69, 9.17) is 5.26 Å². The molecule has 0 spiro atoms. The molecule has 1 aromatic heterocycles. The first-order chi connectivity index (χ1) is 8.70. The van der Waals surface area contributed by atoms with Crippen molar-refractivity contribution in [2.75, 3.05) is 0 Å². The number of benzene rings is 1. The first-order valence-corrected chi connectivity index (χ1v) is 6.95. The molecule has 1 aromatic carbocycles. The second kappa shape index (κ2) is 6.01. The Morgan fingerprint density at radius 2 is 2.28 bits per heavy atom. The Morgan fingerprint density at radius 1 is 1.44 bits per heavy atom. The molecule has 0 bridgehead atoms. The third-order valence-corrected chi connectivity index (χ3v) is 4.00. The lowest BCUT2D eigenvalue weighted by atomic mass is 10.1. The fourth-order valence-electron chi connectivity index (χ4n) is 1.92. The minimum absolute atomic E-state index is 0.740. The summed E-state index contributed by atoms with van der Waals surface area (Å²) in [5.74, 6) is 1.05. The summed E-state index contributed by atoms with van der Waals surface area (Å²) >= 11 is 2.32. The Morgan fingerprint density at radius 3 is 2.94 bits per heavy atom. The average Bonchev–Trinajstić information content (AvgIpc) is 2.77. The summed E-state index contributed by atoms with van der Waals surface area (Å²) in [6.45, 7) is 2.98. The molecule has 0 aliphatic carbocycles. The molecule has 0 N–H and O–H groups in total. The normalized spacial score (nSPS) is 10.3. The van der Waals surface area contributed by atoms with Crippen LogP contribution in [0, 0.1) is 21.8 Å². The van der Waals surface area contributed by atoms with Crippen LogP contribution in [0.3, 0.4) is 0 Å². The third-order valence-electron chi connectivity index (χ3n) is 2.94. The van der Waals surface area contributed by atoms with Crippen LogP contribution in [0.4, 0.5) is 0 Å². The highest BCUT2D eigenvalue weighted by atomic mass is 127. The molecule has 0 saturated heterocycles. The van der Waals surface area contributed by atoms with Crippen LogP contribution in [-0.2, 0) is 13.0 Å². The molecule has 0 amide bonds. The maximum absolute atomic E-state index is 8.90. The van der Waals surface area contributed by atoms with Crippen LogP contribution >= 0.6 is 22.6 Å². The van der Waals surface area contributed by atoms with Gasteiger partial charge in [-0.25, -0.2) is 4.98 Å². The molecule has 3 nitrogen and oxygen atoms in total. The van der Waals surface area contributed by atoms with E-state index in [1.807, 2.05) is 37.5 Å². The van der Waals surface area contributed by atoms with Crippen LogP contribution in [0.15, 0.2) is 30.6 Å². The molecule has 0 aliphatic rings. The summed E-state index contributed by atoms with van der Waals surface area (Å²) in [6, 6.07) is 8.05. The SMILES string of the molecule is Cc1nccn1CCCc1cc(C#N)ccc1I. The first-order valence-electron chi connectivity index (χ1n) is 5.87. The topological polar surface area (TPSA) is 41.6 Å². The zero-order valence-electron chi connectivity index (χ0n) is 10.2. The summed E-state index contributed by atoms with van der Waals surface area (Å²) in [6.07, 6.45) is 5.88. The summed E-state index contributed by atoms with van der Waals surface area (Å²) in [5.41, 5.74) is 2.00. The Labute approximate surface area is 121 Å². The van der Waals surface area contributed by atoms with E-state index in [0.29, 0.717) is 0 Å². The van der Waals surface area contributed by atoms with Gasteiger partial charge in [-0.3, -0.25) is 0 Å². The molecule has 2 aromatic rings. The lowest BCUT2D eigenvalue weighted by Crippen LogP contribution is -2.01. The Bertz CT molecular complexity index is 581. The highest BCUT2D eigenvalue weighted by Crippen LogP contribution is 2.16. The van der Waals surface area contributed by atoms with E-state index in [-0.39, 0.29) is 0 Å². The number of hydrogen-bond donors (Lipinski definition) is 0. The van der Waals surface area contributed by atoms with Crippen LogP contribution in [0.5, 0.6) is 0 Å². The molecular weight excluding hydrogens is 337 g/mol. The minimum atomic E-state index is 0.740. The monoisotopic (exact) mass is 351 g/mol. The second-order valence-corrected chi connectivity index (χ2v) is 5.35. The largest absolute Gasteiger partial charge is 0.335 e. The summed E-state index contributed by atoms with van der Waals surface area (Å²) < 4.78 is 3.38. The predicted molar refractivity (Wildman–Crippen MR) is 79.2 cm³/mol. The van der Waals surface area contributed by atoms with Gasteiger partial charge in [0.2, 0.25) is 0 Å². The standard InChI is InChI=1S/C14H14IN3/c1-11-17-6-8-18(11)7-2-3-13-9-12(10-16)4-5-14(13)15/h4-6,8-9H,2-3,7H2,1H3. The van der Waals surface area contributed by atoms with Gasteiger partial charge in [0.05, 0.1) is 11.6 Å². The number of rotatable bonds is 4. The van der Waals surface area contributed by atoms with Gasteiger partial charge < -0.3 is 4.57 Å². The fraction of sp³-hybridized carbons (Fsp3) is 0.286. The molecular formula is C14H14IN3. The van der Waals surface area contributed by atoms with Gasteiger partial charge in [0.25, 0.3) is 0 Å². The lowest BCUT2D eigenvalue weighted by molar-refractivity contribution is 0.625. The molecule has 0 fully saturated rings. The van der Waals surface area contributed by atoms with Crippen molar-refractivity contribution in [3.8, 4) is 6.07 Å². The number of hydrogen-bond acceptors (Lipinski definition) is 2. The summed E-state index contributed by atoms with van der Waals surface area (Å²) in [7, 11) is 0. The van der Waals surface area contributed by atoms with Gasteiger partial charge in [-0.05, 0) is 66.1 Å². The summed E-state index contributed by atoms with van der Waals surface area (Å²) in [5, 5.41) is 8.90. The summed E-state index contributed by atoms with van der Waals surface area (Å²) in [4.78, 5) is 4.21. The van der Waals surface area contributed by atoms with Crippen LogP contribution < -0.4 is 0 Å². The zero-order chi connectivity index (χ0) is 13.0. The van der Waals surface area contributed by atoms with Crippen molar-refractivity contribution in [2.24, 2.45) is 0 Å². The zero-order valence-corrected chi connectivity index (χ0v) is 12.4. The van der Waals surface area contributed by atoms with Crippen LogP contribution in [0.25, 0.3) is 0 Å². The molecule has 4 heteroatoms. The smallest absolute Gasteiger partial charge is 0.105 e. The van der Waals surface area contributed by atoms with Gasteiger partial charge in [-0.2, -0.15) is 5.26 Å². The number of halogens is 1. The number of nitrogens with zero attached hydrogens (tertiary/aromatic N) is 3. The van der Waals surface area contributed by atoms with Gasteiger partial charge >= 0.3 is 0 Å². The number of nitriles is 1. The maximum atomic E-state index is 8.90. The number of aromatic nitrogens is 2. The average molecular weight is 351 g/mol. The van der Waals surface area contributed by atoms with Crippen molar-refractivity contribution in [1.29, 1.82) is 5.26 Å². The number of aryl methyl sites for hydroxylation is 3. The van der Waals surface area contributed by atoms with Gasteiger partial charge in [-0.15, -0.1) is 0 Å². The van der Waals surface area contributed by atoms with Gasteiger partial charge in [-0.1, -0.05) is 0 Å². The predicted octanol–water partition coefficient (Wildman–Crippen LogP) is 3.30. The quantitative estimate of drug-likeness (QED) is 0.794. The Hall–Kier alpha value is -1.35. The van der Waals surface area contributed by atoms with E-state index >= 15 is 0 Å². The van der Waals surface area contributed by atoms with E-state index in [2.05, 4.69) is 38.2 Å². The van der Waals surface area contributed by atoms with E-state index in [1.54, 1.807) is 0 Å². The molecule has 0 unspecified atom stereocenters. The van der Waals surface area contributed by atoms with Crippen molar-refractivity contribution < 1.29 is 0 Å². The van der Waals surface area contributed by atoms with Crippen LogP contribution in [0.2, 0.25) is 0 Å². The highest BCUT2D eigenvalue weighted by molar-refractivity contribution is 14.1. The highest BCUT2D eigenvalue weighted by Gasteiger charge is 2.03. The maximum Gasteiger partial charge on any atom is 0.105 e. The lowest BCUT2D eigenvalue weighted by Gasteiger charge is -2.07. The Kier molecular flexibility index (Phi) is 4.37. The van der Waals surface area contributed by atoms with E-state index in [0.717, 1.165) is 30.8 Å². The van der Waals surface area contributed by atoms with Gasteiger partial charge in [0, 0.05) is 22.5 Å². The first kappa shape index (κ1) is 13.1. The van der Waals surface area contributed by atoms with Crippen molar-refractivity contribution in [3.63, 3.8) is 0 Å². The van der Waals surface area contributed by atoms with Crippen molar-refractivity contribution >= 4 is 22.6 Å². The van der Waals surface area contributed by atoms with Gasteiger partial charge in [0.15, 0.2) is 0 Å². The Balaban J connectivity index is 1.98. The van der Waals surface area contributed by atoms with Crippen molar-refractivity contribution in [1.82, 2.24) is 9.55 Å². The van der Waals surface area contributed by atoms with Crippen LogP contribution in [0.1, 0.15) is 23.4 Å². The fourth-order valence-corrected chi connectivity index (χ4v) is 2.52. The molecule has 0 radical (unpaired) electrons. The van der Waals surface area contributed by atoms with Crippen LogP contribution in [-0.4, -0.2) is 9.55 Å². The minimum Gasteiger partial charge on any atom is -0.335 e. The molecule has 0 atom stereocenters. The molecule has 18 heavy (non-hydrogen) atoms. The third kappa shape index (κ3) is 3.10. The van der Waals surface area contributed by atoms with Gasteiger partial charge in [0.1, 0.15) is 5.82 Å². The number of imidazole rings is 1. The van der Waals surface area contributed by atoms with Crippen molar-refractivity contribution in [3.05, 3.63) is 51.1 Å². The molecule has 1 heterocycles. The van der Waals surface area contributed by atoms with E-state index < -0.39 is 0 Å². The molecule has 92 valence electrons. The van der Waals surface area contributed by atoms with E-state index in [1.165, 1.54) is 9.13 Å². The second-order valence-electron chi connectivity index (χ2n) is 4.19. The molecule has 2 rings (SSSR count). The molecule has 0 saturated carbocycles. The molecule has 0 aliphatic heterocycles. The van der Waals surface area contributed by atoms with Crippen molar-refractivity contribution in [2.45, 2.75) is 26.3 Å². The van der Waals surface area contributed by atoms with E-state index in [9.17, 15) is 0 Å².